The van der Waals surface area contributed by atoms with E-state index in [1.165, 1.54) is 6.20 Å². The summed E-state index contributed by atoms with van der Waals surface area (Å²) < 4.78 is 0. The van der Waals surface area contributed by atoms with Gasteiger partial charge >= 0.3 is 5.97 Å². The maximum atomic E-state index is 12.2. The lowest BCUT2D eigenvalue weighted by Gasteiger charge is -2.34. The quantitative estimate of drug-likeness (QED) is 0.887. The Morgan fingerprint density at radius 1 is 1.52 bits per heavy atom. The van der Waals surface area contributed by atoms with Gasteiger partial charge in [-0.05, 0) is 38.4 Å². The van der Waals surface area contributed by atoms with E-state index < -0.39 is 12.0 Å². The maximum absolute atomic E-state index is 12.2. The monoisotopic (exact) mass is 311 g/mol. The van der Waals surface area contributed by atoms with Crippen molar-refractivity contribution in [2.75, 3.05) is 18.4 Å². The van der Waals surface area contributed by atoms with Gasteiger partial charge in [0.25, 0.3) is 0 Å². The zero-order chi connectivity index (χ0) is 15.4. The Morgan fingerprint density at radius 3 is 2.90 bits per heavy atom. The Hall–Kier alpha value is -1.66. The lowest BCUT2D eigenvalue weighted by Crippen LogP contribution is -2.47. The van der Waals surface area contributed by atoms with Crippen LogP contribution in [0.1, 0.15) is 19.8 Å². The van der Waals surface area contributed by atoms with Gasteiger partial charge in [-0.2, -0.15) is 0 Å². The Labute approximate surface area is 128 Å². The van der Waals surface area contributed by atoms with E-state index >= 15 is 0 Å². The molecule has 2 heterocycles. The van der Waals surface area contributed by atoms with E-state index in [-0.39, 0.29) is 11.8 Å². The third kappa shape index (κ3) is 4.15. The number of carboxylic acid groups (broad SMARTS) is 1. The molecule has 0 radical (unpaired) electrons. The first kappa shape index (κ1) is 15.7. The zero-order valence-corrected chi connectivity index (χ0v) is 12.5. The number of aliphatic carboxylic acids is 1. The second kappa shape index (κ2) is 6.87. The van der Waals surface area contributed by atoms with E-state index in [4.69, 9.17) is 16.7 Å². The average Bonchev–Trinajstić information content (AvgIpc) is 2.48. The van der Waals surface area contributed by atoms with Crippen molar-refractivity contribution in [2.24, 2.45) is 5.92 Å². The number of halogens is 1. The van der Waals surface area contributed by atoms with Crippen LogP contribution in [-0.2, 0) is 9.59 Å². The molecule has 6 nitrogen and oxygen atoms in total. The number of aromatic nitrogens is 1. The van der Waals surface area contributed by atoms with Crippen LogP contribution in [0.3, 0.4) is 0 Å². The Balaban J connectivity index is 1.95. The standard InChI is InChI=1S/C14H18ClN3O3/c1-9(14(20)21)18-6-2-3-10(8-18)13(19)17-12-5-4-11(15)7-16-12/h4-5,7,9-10H,2-3,6,8H2,1H3,(H,20,21)(H,16,17,19)/t9-,10+/m0/s1. The van der Waals surface area contributed by atoms with Crippen LogP contribution in [0.2, 0.25) is 5.02 Å². The molecule has 1 saturated heterocycles. The summed E-state index contributed by atoms with van der Waals surface area (Å²) in [6.07, 6.45) is 3.03. The number of pyridine rings is 1. The molecule has 1 aromatic heterocycles. The van der Waals surface area contributed by atoms with E-state index in [0.29, 0.717) is 23.9 Å². The van der Waals surface area contributed by atoms with Crippen molar-refractivity contribution in [1.82, 2.24) is 9.88 Å². The van der Waals surface area contributed by atoms with Crippen molar-refractivity contribution in [3.63, 3.8) is 0 Å². The number of nitrogens with zero attached hydrogens (tertiary/aromatic N) is 2. The molecule has 2 N–H and O–H groups in total. The van der Waals surface area contributed by atoms with Crippen LogP contribution < -0.4 is 5.32 Å². The number of nitrogens with one attached hydrogen (secondary N) is 1. The Bertz CT molecular complexity index is 521. The Morgan fingerprint density at radius 2 is 2.29 bits per heavy atom. The van der Waals surface area contributed by atoms with Crippen LogP contribution in [0.4, 0.5) is 5.82 Å². The summed E-state index contributed by atoms with van der Waals surface area (Å²) in [4.78, 5) is 29.1. The summed E-state index contributed by atoms with van der Waals surface area (Å²) in [5.74, 6) is -0.770. The highest BCUT2D eigenvalue weighted by molar-refractivity contribution is 6.30. The number of hydrogen-bond donors (Lipinski definition) is 2. The normalized spacial score (nSPS) is 20.8. The van der Waals surface area contributed by atoms with E-state index in [1.807, 2.05) is 4.90 Å². The first-order chi connectivity index (χ1) is 9.97. The van der Waals surface area contributed by atoms with Gasteiger partial charge < -0.3 is 10.4 Å². The summed E-state index contributed by atoms with van der Waals surface area (Å²) in [5, 5.41) is 12.3. The van der Waals surface area contributed by atoms with Crippen LogP contribution in [-0.4, -0.2) is 46.0 Å². The first-order valence-electron chi connectivity index (χ1n) is 6.86. The van der Waals surface area contributed by atoms with E-state index in [0.717, 1.165) is 12.8 Å². The van der Waals surface area contributed by atoms with Gasteiger partial charge in [0.2, 0.25) is 5.91 Å². The van der Waals surface area contributed by atoms with Gasteiger partial charge in [0.1, 0.15) is 11.9 Å². The van der Waals surface area contributed by atoms with E-state index in [2.05, 4.69) is 10.3 Å². The molecule has 7 heteroatoms. The highest BCUT2D eigenvalue weighted by Gasteiger charge is 2.30. The van der Waals surface area contributed by atoms with Crippen molar-refractivity contribution < 1.29 is 14.7 Å². The molecule has 0 spiro atoms. The third-order valence-corrected chi connectivity index (χ3v) is 3.93. The molecule has 2 atom stereocenters. The molecule has 0 saturated carbocycles. The predicted octanol–water partition coefficient (Wildman–Crippen LogP) is 1.86. The van der Waals surface area contributed by atoms with Crippen molar-refractivity contribution >= 4 is 29.3 Å². The van der Waals surface area contributed by atoms with Gasteiger partial charge in [-0.25, -0.2) is 4.98 Å². The Kier molecular flexibility index (Phi) is 5.14. The minimum absolute atomic E-state index is 0.132. The van der Waals surface area contributed by atoms with Gasteiger partial charge in [-0.15, -0.1) is 0 Å². The fraction of sp³-hybridized carbons (Fsp3) is 0.500. The number of rotatable bonds is 4. The van der Waals surface area contributed by atoms with Crippen molar-refractivity contribution in [3.8, 4) is 0 Å². The molecule has 21 heavy (non-hydrogen) atoms. The number of amides is 1. The largest absolute Gasteiger partial charge is 0.480 e. The predicted molar refractivity (Wildman–Crippen MR) is 79.3 cm³/mol. The molecule has 1 amide bonds. The topological polar surface area (TPSA) is 82.5 Å². The number of carboxylic acids is 1. The molecule has 0 aromatic carbocycles. The third-order valence-electron chi connectivity index (χ3n) is 3.71. The number of likely N-dealkylation sites (tertiary alicyclic amines) is 1. The fourth-order valence-corrected chi connectivity index (χ4v) is 2.52. The average molecular weight is 312 g/mol. The lowest BCUT2D eigenvalue weighted by molar-refractivity contribution is -0.144. The molecule has 1 aliphatic rings. The molecule has 114 valence electrons. The number of hydrogen-bond acceptors (Lipinski definition) is 4. The lowest BCUT2D eigenvalue weighted by atomic mass is 9.96. The minimum Gasteiger partial charge on any atom is -0.480 e. The smallest absolute Gasteiger partial charge is 0.320 e. The van der Waals surface area contributed by atoms with Gasteiger partial charge in [-0.1, -0.05) is 11.6 Å². The molecule has 1 aromatic rings. The van der Waals surface area contributed by atoms with Crippen LogP contribution in [0.15, 0.2) is 18.3 Å². The highest BCUT2D eigenvalue weighted by Crippen LogP contribution is 2.20. The van der Waals surface area contributed by atoms with Crippen LogP contribution >= 0.6 is 11.6 Å². The fourth-order valence-electron chi connectivity index (χ4n) is 2.41. The second-order valence-corrected chi connectivity index (χ2v) is 5.64. The summed E-state index contributed by atoms with van der Waals surface area (Å²) in [6.45, 7) is 2.80. The van der Waals surface area contributed by atoms with E-state index in [9.17, 15) is 9.59 Å². The minimum atomic E-state index is -0.865. The molecule has 1 aliphatic heterocycles. The highest BCUT2D eigenvalue weighted by atomic mass is 35.5. The van der Waals surface area contributed by atoms with Crippen LogP contribution in [0.5, 0.6) is 0 Å². The van der Waals surface area contributed by atoms with Crippen LogP contribution in [0, 0.1) is 5.92 Å². The number of carbonyl (C=O) groups is 2. The summed E-state index contributed by atoms with van der Waals surface area (Å²) in [6, 6.07) is 2.72. The van der Waals surface area contributed by atoms with E-state index in [1.54, 1.807) is 19.1 Å². The summed E-state index contributed by atoms with van der Waals surface area (Å²) in [7, 11) is 0. The molecule has 0 unspecified atom stereocenters. The first-order valence-corrected chi connectivity index (χ1v) is 7.24. The van der Waals surface area contributed by atoms with Crippen LogP contribution in [0.25, 0.3) is 0 Å². The molecule has 0 aliphatic carbocycles. The maximum Gasteiger partial charge on any atom is 0.320 e. The van der Waals surface area contributed by atoms with Gasteiger partial charge in [0, 0.05) is 12.7 Å². The summed E-state index contributed by atoms with van der Waals surface area (Å²) in [5.41, 5.74) is 0. The van der Waals surface area contributed by atoms with Gasteiger partial charge in [0.15, 0.2) is 0 Å². The molecule has 2 rings (SSSR count). The number of anilines is 1. The van der Waals surface area contributed by atoms with Gasteiger partial charge in [0.05, 0.1) is 10.9 Å². The van der Waals surface area contributed by atoms with Crippen molar-refractivity contribution in [3.05, 3.63) is 23.4 Å². The number of piperidine rings is 1. The molecular formula is C14H18ClN3O3. The molecule has 0 bridgehead atoms. The molecule has 1 fully saturated rings. The number of carbonyl (C=O) groups excluding carboxylic acids is 1. The molecular weight excluding hydrogens is 294 g/mol. The van der Waals surface area contributed by atoms with Crippen molar-refractivity contribution in [1.29, 1.82) is 0 Å². The van der Waals surface area contributed by atoms with Gasteiger partial charge in [-0.3, -0.25) is 14.5 Å². The van der Waals surface area contributed by atoms with Crippen molar-refractivity contribution in [2.45, 2.75) is 25.8 Å². The SMILES string of the molecule is C[C@@H](C(=O)O)N1CCC[C@@H](C(=O)Nc2ccc(Cl)cn2)C1. The zero-order valence-electron chi connectivity index (χ0n) is 11.8. The summed E-state index contributed by atoms with van der Waals surface area (Å²) >= 11 is 5.74. The second-order valence-electron chi connectivity index (χ2n) is 5.20.